The zero-order valence-corrected chi connectivity index (χ0v) is 11.8. The van der Waals surface area contributed by atoms with Gasteiger partial charge in [-0.1, -0.05) is 17.7 Å². The number of rotatable bonds is 3. The van der Waals surface area contributed by atoms with Crippen molar-refractivity contribution in [2.75, 3.05) is 5.73 Å². The van der Waals surface area contributed by atoms with E-state index >= 15 is 0 Å². The summed E-state index contributed by atoms with van der Waals surface area (Å²) in [5, 5.41) is 9.11. The number of nitrogens with zero attached hydrogens (tertiary/aromatic N) is 1. The minimum Gasteiger partial charge on any atom is -0.399 e. The van der Waals surface area contributed by atoms with Crippen LogP contribution in [0.15, 0.2) is 41.3 Å². The van der Waals surface area contributed by atoms with E-state index in [0.29, 0.717) is 21.0 Å². The highest BCUT2D eigenvalue weighted by atomic mass is 35.5. The minimum atomic E-state index is -1.46. The van der Waals surface area contributed by atoms with Gasteiger partial charge in [0, 0.05) is 15.6 Å². The number of hydrogen-bond acceptors (Lipinski definition) is 3. The molecule has 20 heavy (non-hydrogen) atoms. The van der Waals surface area contributed by atoms with Gasteiger partial charge in [0.15, 0.2) is 0 Å². The molecule has 2 rings (SSSR count). The second-order valence-electron chi connectivity index (χ2n) is 4.13. The van der Waals surface area contributed by atoms with Crippen molar-refractivity contribution in [2.45, 2.75) is 10.6 Å². The van der Waals surface area contributed by atoms with Crippen LogP contribution >= 0.6 is 11.6 Å². The van der Waals surface area contributed by atoms with Gasteiger partial charge in [-0.25, -0.2) is 4.39 Å². The second-order valence-corrected chi connectivity index (χ2v) is 5.99. The van der Waals surface area contributed by atoms with Crippen LogP contribution in [0.3, 0.4) is 0 Å². The van der Waals surface area contributed by atoms with Crippen LogP contribution in [0.25, 0.3) is 0 Å². The summed E-state index contributed by atoms with van der Waals surface area (Å²) in [6, 6.07) is 10.5. The van der Waals surface area contributed by atoms with Crippen LogP contribution in [0.4, 0.5) is 10.1 Å². The van der Waals surface area contributed by atoms with Gasteiger partial charge in [0.25, 0.3) is 0 Å². The second kappa shape index (κ2) is 6.04. The first kappa shape index (κ1) is 14.5. The SMILES string of the molecule is N#Cc1ccc(CS(=O)c2cc(N)cc(F)c2)c(Cl)c1. The van der Waals surface area contributed by atoms with Gasteiger partial charge in [-0.05, 0) is 35.9 Å². The summed E-state index contributed by atoms with van der Waals surface area (Å²) in [5.41, 5.74) is 6.80. The molecule has 1 unspecified atom stereocenters. The molecule has 6 heteroatoms. The Morgan fingerprint density at radius 1 is 1.30 bits per heavy atom. The predicted molar refractivity (Wildman–Crippen MR) is 77.1 cm³/mol. The monoisotopic (exact) mass is 308 g/mol. The maximum absolute atomic E-state index is 13.2. The first-order valence-corrected chi connectivity index (χ1v) is 7.32. The molecule has 3 nitrogen and oxygen atoms in total. The molecule has 102 valence electrons. The third-order valence-electron chi connectivity index (χ3n) is 2.63. The molecule has 0 spiro atoms. The van der Waals surface area contributed by atoms with Gasteiger partial charge < -0.3 is 5.73 Å². The summed E-state index contributed by atoms with van der Waals surface area (Å²) in [6.07, 6.45) is 0. The largest absolute Gasteiger partial charge is 0.399 e. The smallest absolute Gasteiger partial charge is 0.126 e. The van der Waals surface area contributed by atoms with Crippen molar-refractivity contribution in [3.63, 3.8) is 0 Å². The molecule has 0 radical (unpaired) electrons. The van der Waals surface area contributed by atoms with Gasteiger partial charge in [-0.2, -0.15) is 5.26 Å². The van der Waals surface area contributed by atoms with Crippen LogP contribution in [-0.4, -0.2) is 4.21 Å². The van der Waals surface area contributed by atoms with Crippen molar-refractivity contribution < 1.29 is 8.60 Å². The molecule has 2 aromatic carbocycles. The van der Waals surface area contributed by atoms with E-state index in [-0.39, 0.29) is 11.4 Å². The highest BCUT2D eigenvalue weighted by molar-refractivity contribution is 7.84. The lowest BCUT2D eigenvalue weighted by molar-refractivity contribution is 0.623. The number of nitriles is 1. The molecule has 0 fully saturated rings. The Bertz CT molecular complexity index is 707. The summed E-state index contributed by atoms with van der Waals surface area (Å²) in [5.74, 6) is -0.396. The Balaban J connectivity index is 2.26. The Morgan fingerprint density at radius 3 is 2.65 bits per heavy atom. The number of hydrogen-bond donors (Lipinski definition) is 1. The van der Waals surface area contributed by atoms with Gasteiger partial charge in [-0.15, -0.1) is 0 Å². The lowest BCUT2D eigenvalue weighted by Gasteiger charge is -2.06. The molecule has 0 heterocycles. The Labute approximate surface area is 123 Å². The molecule has 0 amide bonds. The highest BCUT2D eigenvalue weighted by Gasteiger charge is 2.10. The van der Waals surface area contributed by atoms with Crippen LogP contribution < -0.4 is 5.73 Å². The van der Waals surface area contributed by atoms with E-state index in [1.165, 1.54) is 18.2 Å². The van der Waals surface area contributed by atoms with Gasteiger partial charge in [-0.3, -0.25) is 4.21 Å². The molecule has 0 bridgehead atoms. The van der Waals surface area contributed by atoms with Crippen LogP contribution in [0.1, 0.15) is 11.1 Å². The van der Waals surface area contributed by atoms with E-state index in [1.54, 1.807) is 12.1 Å². The molecule has 2 aromatic rings. The van der Waals surface area contributed by atoms with Crippen molar-refractivity contribution in [2.24, 2.45) is 0 Å². The van der Waals surface area contributed by atoms with Crippen molar-refractivity contribution >= 4 is 28.1 Å². The van der Waals surface area contributed by atoms with Crippen LogP contribution in [0.2, 0.25) is 5.02 Å². The van der Waals surface area contributed by atoms with Gasteiger partial charge in [0.1, 0.15) is 5.82 Å². The standard InChI is InChI=1S/C14H10ClFN2OS/c15-14-3-9(7-17)1-2-10(14)8-20(19)13-5-11(16)4-12(18)6-13/h1-6H,8,18H2. The van der Waals surface area contributed by atoms with Crippen molar-refractivity contribution in [3.8, 4) is 6.07 Å². The summed E-state index contributed by atoms with van der Waals surface area (Å²) >= 11 is 6.02. The molecular formula is C14H10ClFN2OS. The third kappa shape index (κ3) is 3.35. The van der Waals surface area contributed by atoms with E-state index < -0.39 is 16.6 Å². The Hall–Kier alpha value is -1.90. The van der Waals surface area contributed by atoms with E-state index in [4.69, 9.17) is 22.6 Å². The molecule has 1 atom stereocenters. The van der Waals surface area contributed by atoms with E-state index in [9.17, 15) is 8.60 Å². The molecule has 0 aromatic heterocycles. The van der Waals surface area contributed by atoms with Crippen molar-refractivity contribution in [1.29, 1.82) is 5.26 Å². The first-order chi connectivity index (χ1) is 9.49. The topological polar surface area (TPSA) is 66.9 Å². The maximum Gasteiger partial charge on any atom is 0.126 e. The fourth-order valence-electron chi connectivity index (χ4n) is 1.67. The predicted octanol–water partition coefficient (Wildman–Crippen LogP) is 3.24. The fourth-order valence-corrected chi connectivity index (χ4v) is 3.21. The zero-order valence-electron chi connectivity index (χ0n) is 10.3. The number of nitrogen functional groups attached to an aromatic ring is 1. The average Bonchev–Trinajstić information content (AvgIpc) is 2.39. The van der Waals surface area contributed by atoms with Gasteiger partial charge in [0.05, 0.1) is 28.2 Å². The van der Waals surface area contributed by atoms with Crippen LogP contribution in [0.5, 0.6) is 0 Å². The molecule has 0 aliphatic rings. The fraction of sp³-hybridized carbons (Fsp3) is 0.0714. The van der Waals surface area contributed by atoms with Gasteiger partial charge >= 0.3 is 0 Å². The lowest BCUT2D eigenvalue weighted by atomic mass is 10.2. The molecule has 0 saturated heterocycles. The van der Waals surface area contributed by atoms with Crippen LogP contribution in [0, 0.1) is 17.1 Å². The van der Waals surface area contributed by atoms with Crippen molar-refractivity contribution in [1.82, 2.24) is 0 Å². The van der Waals surface area contributed by atoms with E-state index in [2.05, 4.69) is 0 Å². The number of nitrogens with two attached hydrogens (primary N) is 1. The quantitative estimate of drug-likeness (QED) is 0.885. The number of benzene rings is 2. The molecular weight excluding hydrogens is 299 g/mol. The Kier molecular flexibility index (Phi) is 4.38. The normalized spacial score (nSPS) is 11.8. The Morgan fingerprint density at radius 2 is 2.05 bits per heavy atom. The average molecular weight is 309 g/mol. The first-order valence-electron chi connectivity index (χ1n) is 5.62. The summed E-state index contributed by atoms with van der Waals surface area (Å²) < 4.78 is 25.4. The number of anilines is 1. The van der Waals surface area contributed by atoms with Crippen LogP contribution in [-0.2, 0) is 16.6 Å². The zero-order chi connectivity index (χ0) is 14.7. The molecule has 2 N–H and O–H groups in total. The van der Waals surface area contributed by atoms with E-state index in [0.717, 1.165) is 6.07 Å². The van der Waals surface area contributed by atoms with Crippen molar-refractivity contribution in [3.05, 3.63) is 58.4 Å². The summed E-state index contributed by atoms with van der Waals surface area (Å²) in [4.78, 5) is 0.308. The molecule has 0 aliphatic heterocycles. The van der Waals surface area contributed by atoms with E-state index in [1.807, 2.05) is 6.07 Å². The summed E-state index contributed by atoms with van der Waals surface area (Å²) in [7, 11) is -1.46. The number of halogens is 2. The molecule has 0 aliphatic carbocycles. The summed E-state index contributed by atoms with van der Waals surface area (Å²) in [6.45, 7) is 0. The van der Waals surface area contributed by atoms with Gasteiger partial charge in [0.2, 0.25) is 0 Å². The lowest BCUT2D eigenvalue weighted by Crippen LogP contribution is -1.99. The maximum atomic E-state index is 13.2. The third-order valence-corrected chi connectivity index (χ3v) is 4.31. The molecule has 0 saturated carbocycles. The minimum absolute atomic E-state index is 0.132. The highest BCUT2D eigenvalue weighted by Crippen LogP contribution is 2.22.